The van der Waals surface area contributed by atoms with Gasteiger partial charge in [-0.15, -0.1) is 10.2 Å². The summed E-state index contributed by atoms with van der Waals surface area (Å²) in [6.07, 6.45) is 0. The number of amides is 1. The first-order valence-electron chi connectivity index (χ1n) is 10.9. The minimum Gasteiger partial charge on any atom is -0.324 e. The molecule has 0 saturated carbocycles. The molecule has 0 aliphatic carbocycles. The Bertz CT molecular complexity index is 1390. The number of carbonyl (C=O) groups excluding carboxylic acids is 1. The first-order chi connectivity index (χ1) is 17.0. The number of nitrogens with one attached hydrogen (secondary N) is 1. The van der Waals surface area contributed by atoms with Crippen LogP contribution in [0, 0.1) is 0 Å². The molecule has 0 atom stereocenters. The van der Waals surface area contributed by atoms with E-state index < -0.39 is 9.84 Å². The Hall–Kier alpha value is -3.08. The smallest absolute Gasteiger partial charge is 0.234 e. The number of nitrogens with zero attached hydrogens (tertiary/aromatic N) is 3. The van der Waals surface area contributed by atoms with E-state index in [-0.39, 0.29) is 22.3 Å². The quantitative estimate of drug-likeness (QED) is 0.287. The molecule has 0 bridgehead atoms. The minimum absolute atomic E-state index is 0.119. The molecule has 1 N–H and O–H groups in total. The van der Waals surface area contributed by atoms with Crippen LogP contribution in [0.4, 0.5) is 5.69 Å². The fourth-order valence-electron chi connectivity index (χ4n) is 3.32. The zero-order valence-corrected chi connectivity index (χ0v) is 21.4. The van der Waals surface area contributed by atoms with E-state index in [2.05, 4.69) is 15.5 Å². The Morgan fingerprint density at radius 1 is 0.914 bits per heavy atom. The van der Waals surface area contributed by atoms with E-state index in [1.165, 1.54) is 11.8 Å². The molecule has 1 heterocycles. The minimum atomic E-state index is -3.55. The van der Waals surface area contributed by atoms with Crippen LogP contribution in [0.3, 0.4) is 0 Å². The second kappa shape index (κ2) is 11.6. The van der Waals surface area contributed by atoms with Crippen LogP contribution in [-0.2, 0) is 26.9 Å². The molecule has 35 heavy (non-hydrogen) atoms. The summed E-state index contributed by atoms with van der Waals surface area (Å²) < 4.78 is 27.2. The highest BCUT2D eigenvalue weighted by Crippen LogP contribution is 2.33. The molecular weight excluding hydrogens is 501 g/mol. The van der Waals surface area contributed by atoms with Crippen molar-refractivity contribution in [1.29, 1.82) is 0 Å². The summed E-state index contributed by atoms with van der Waals surface area (Å²) in [5.74, 6) is 0.0341. The fraction of sp³-hybridized carbons (Fsp3) is 0.160. The molecule has 0 aliphatic rings. The van der Waals surface area contributed by atoms with Crippen LogP contribution in [0.25, 0.3) is 0 Å². The van der Waals surface area contributed by atoms with Gasteiger partial charge in [0.25, 0.3) is 0 Å². The van der Waals surface area contributed by atoms with Gasteiger partial charge in [-0.1, -0.05) is 72.1 Å². The number of carbonyl (C=O) groups is 1. The van der Waals surface area contributed by atoms with Gasteiger partial charge >= 0.3 is 0 Å². The maximum Gasteiger partial charge on any atom is 0.234 e. The molecule has 10 heteroatoms. The molecule has 0 fully saturated rings. The van der Waals surface area contributed by atoms with Gasteiger partial charge in [-0.25, -0.2) is 8.42 Å². The molecule has 4 aromatic rings. The van der Waals surface area contributed by atoms with Gasteiger partial charge in [0, 0.05) is 16.3 Å². The molecule has 180 valence electrons. The van der Waals surface area contributed by atoms with Crippen LogP contribution in [0.2, 0.25) is 0 Å². The average Bonchev–Trinajstić information content (AvgIpc) is 3.25. The van der Waals surface area contributed by atoms with E-state index in [1.807, 2.05) is 61.5 Å². The Kier molecular flexibility index (Phi) is 8.27. The summed E-state index contributed by atoms with van der Waals surface area (Å²) in [6, 6.07) is 25.9. The van der Waals surface area contributed by atoms with Crippen molar-refractivity contribution in [3.63, 3.8) is 0 Å². The van der Waals surface area contributed by atoms with Crippen LogP contribution < -0.4 is 5.32 Å². The standard InChI is InChI=1S/C25H24N4O3S3/c1-2-29-23(18-35(31,32)20-13-7-4-8-14-20)27-28-25(29)33-17-24(30)26-21-15-9-10-16-22(21)34-19-11-5-3-6-12-19/h3-16H,2,17-18H2,1H3,(H,26,30). The Balaban J connectivity index is 1.41. The van der Waals surface area contributed by atoms with E-state index in [1.54, 1.807) is 46.7 Å². The fourth-order valence-corrected chi connectivity index (χ4v) is 6.36. The van der Waals surface area contributed by atoms with Gasteiger partial charge in [-0.2, -0.15) is 0 Å². The third kappa shape index (κ3) is 6.53. The van der Waals surface area contributed by atoms with E-state index in [0.29, 0.717) is 17.5 Å². The Morgan fingerprint density at radius 2 is 1.57 bits per heavy atom. The number of benzene rings is 3. The molecule has 0 unspecified atom stereocenters. The normalized spacial score (nSPS) is 11.3. The summed E-state index contributed by atoms with van der Waals surface area (Å²) in [5.41, 5.74) is 0.735. The number of thioether (sulfide) groups is 1. The van der Waals surface area contributed by atoms with Crippen molar-refractivity contribution in [2.45, 2.75) is 39.1 Å². The first kappa shape index (κ1) is 25.0. The molecule has 7 nitrogen and oxygen atoms in total. The molecule has 4 rings (SSSR count). The molecule has 0 saturated heterocycles. The van der Waals surface area contributed by atoms with E-state index in [9.17, 15) is 13.2 Å². The highest BCUT2D eigenvalue weighted by atomic mass is 32.2. The van der Waals surface area contributed by atoms with E-state index >= 15 is 0 Å². The predicted molar refractivity (Wildman–Crippen MR) is 139 cm³/mol. The van der Waals surface area contributed by atoms with Crippen molar-refractivity contribution in [3.05, 3.63) is 90.8 Å². The van der Waals surface area contributed by atoms with Crippen molar-refractivity contribution in [3.8, 4) is 0 Å². The maximum atomic E-state index is 12.8. The van der Waals surface area contributed by atoms with Crippen LogP contribution in [0.5, 0.6) is 0 Å². The van der Waals surface area contributed by atoms with Crippen LogP contribution >= 0.6 is 23.5 Å². The lowest BCUT2D eigenvalue weighted by Gasteiger charge is -2.11. The lowest BCUT2D eigenvalue weighted by Crippen LogP contribution is -2.15. The van der Waals surface area contributed by atoms with Gasteiger partial charge in [-0.05, 0) is 43.3 Å². The molecule has 0 radical (unpaired) electrons. The topological polar surface area (TPSA) is 93.9 Å². The van der Waals surface area contributed by atoms with Crippen molar-refractivity contribution in [2.75, 3.05) is 11.1 Å². The van der Waals surface area contributed by atoms with E-state index in [0.717, 1.165) is 15.5 Å². The van der Waals surface area contributed by atoms with Crippen molar-refractivity contribution < 1.29 is 13.2 Å². The summed E-state index contributed by atoms with van der Waals surface area (Å²) in [4.78, 5) is 15.0. The molecule has 1 aromatic heterocycles. The lowest BCUT2D eigenvalue weighted by atomic mass is 10.3. The number of hydrogen-bond donors (Lipinski definition) is 1. The van der Waals surface area contributed by atoms with Crippen molar-refractivity contribution in [1.82, 2.24) is 14.8 Å². The predicted octanol–water partition coefficient (Wildman–Crippen LogP) is 5.15. The summed E-state index contributed by atoms with van der Waals surface area (Å²) in [7, 11) is -3.55. The molecule has 3 aromatic carbocycles. The van der Waals surface area contributed by atoms with E-state index in [4.69, 9.17) is 0 Å². The number of sulfone groups is 1. The number of rotatable bonds is 10. The number of aromatic nitrogens is 3. The van der Waals surface area contributed by atoms with Gasteiger partial charge in [0.05, 0.1) is 16.3 Å². The Labute approximate surface area is 213 Å². The van der Waals surface area contributed by atoms with Crippen LogP contribution in [0.1, 0.15) is 12.7 Å². The summed E-state index contributed by atoms with van der Waals surface area (Å²) >= 11 is 2.81. The second-order valence-corrected chi connectivity index (χ2v) is 11.5. The number of anilines is 1. The monoisotopic (exact) mass is 524 g/mol. The van der Waals surface area contributed by atoms with Crippen molar-refractivity contribution in [2.24, 2.45) is 0 Å². The third-order valence-corrected chi connectivity index (χ3v) is 8.67. The highest BCUT2D eigenvalue weighted by molar-refractivity contribution is 8.00. The van der Waals surface area contributed by atoms with Crippen LogP contribution in [0.15, 0.2) is 105 Å². The van der Waals surface area contributed by atoms with Crippen molar-refractivity contribution >= 4 is 45.0 Å². The van der Waals surface area contributed by atoms with Crippen LogP contribution in [-0.4, -0.2) is 34.8 Å². The van der Waals surface area contributed by atoms with Gasteiger partial charge < -0.3 is 9.88 Å². The SMILES string of the molecule is CCn1c(CS(=O)(=O)c2ccccc2)nnc1SCC(=O)Nc1ccccc1Sc1ccccc1. The molecular formula is C25H24N4O3S3. The number of para-hydroxylation sites is 1. The zero-order valence-electron chi connectivity index (χ0n) is 19.0. The Morgan fingerprint density at radius 3 is 2.29 bits per heavy atom. The maximum absolute atomic E-state index is 12.8. The molecule has 1 amide bonds. The van der Waals surface area contributed by atoms with Gasteiger partial charge in [0.15, 0.2) is 15.0 Å². The summed E-state index contributed by atoms with van der Waals surface area (Å²) in [5, 5.41) is 11.7. The lowest BCUT2D eigenvalue weighted by molar-refractivity contribution is -0.113. The average molecular weight is 525 g/mol. The van der Waals surface area contributed by atoms with Gasteiger partial charge in [-0.3, -0.25) is 4.79 Å². The zero-order chi connectivity index (χ0) is 24.7. The third-order valence-electron chi connectivity index (χ3n) is 5.00. The number of hydrogen-bond acceptors (Lipinski definition) is 7. The first-order valence-corrected chi connectivity index (χ1v) is 14.4. The largest absolute Gasteiger partial charge is 0.324 e. The second-order valence-electron chi connectivity index (χ2n) is 7.46. The molecule has 0 spiro atoms. The summed E-state index contributed by atoms with van der Waals surface area (Å²) in [6.45, 7) is 2.39. The van der Waals surface area contributed by atoms with Gasteiger partial charge in [0.2, 0.25) is 5.91 Å². The highest BCUT2D eigenvalue weighted by Gasteiger charge is 2.21. The molecule has 0 aliphatic heterocycles. The van der Waals surface area contributed by atoms with Gasteiger partial charge in [0.1, 0.15) is 11.6 Å².